The van der Waals surface area contributed by atoms with Gasteiger partial charge in [0.25, 0.3) is 0 Å². The highest BCUT2D eigenvalue weighted by Crippen LogP contribution is 2.44. The van der Waals surface area contributed by atoms with Gasteiger partial charge in [0, 0.05) is 12.1 Å². The second-order valence-electron chi connectivity index (χ2n) is 8.60. The molecule has 1 atom stereocenters. The van der Waals surface area contributed by atoms with Crippen LogP contribution < -0.4 is 5.32 Å². The molecule has 0 bridgehead atoms. The van der Waals surface area contributed by atoms with Gasteiger partial charge in [0.15, 0.2) is 5.78 Å². The third-order valence-electron chi connectivity index (χ3n) is 6.78. The lowest BCUT2D eigenvalue weighted by Crippen LogP contribution is -2.52. The summed E-state index contributed by atoms with van der Waals surface area (Å²) in [5.74, 6) is -0.946. The van der Waals surface area contributed by atoms with Gasteiger partial charge in [-0.15, -0.1) is 0 Å². The van der Waals surface area contributed by atoms with E-state index in [0.717, 1.165) is 35.1 Å². The van der Waals surface area contributed by atoms with Gasteiger partial charge in [-0.1, -0.05) is 35.9 Å². The van der Waals surface area contributed by atoms with Crippen molar-refractivity contribution in [2.45, 2.75) is 56.6 Å². The lowest BCUT2D eigenvalue weighted by atomic mass is 9.71. The van der Waals surface area contributed by atoms with Crippen molar-refractivity contribution in [2.24, 2.45) is 0 Å². The molecule has 2 aliphatic rings. The number of methoxy groups -OCH3 is 1. The fraction of sp³-hybridized carbons (Fsp3) is 0.417. The van der Waals surface area contributed by atoms with Crippen LogP contribution in [0.25, 0.3) is 11.1 Å². The second-order valence-corrected chi connectivity index (χ2v) is 9.04. The fourth-order valence-electron chi connectivity index (χ4n) is 4.60. The Balaban J connectivity index is 1.66. The highest BCUT2D eigenvalue weighted by atomic mass is 35.5. The minimum absolute atomic E-state index is 0.00277. The maximum atomic E-state index is 13.5. The molecule has 1 spiro atoms. The molecule has 1 N–H and O–H groups in total. The molecule has 2 fully saturated rings. The molecule has 1 aliphatic carbocycles. The monoisotopic (exact) mass is 411 g/mol. The SMILES string of the molecule is COC1(C)CCC2(CC1)NC(=O)C(c1cc(-c3ccc(Cl)cc3)ccc1C)C2=O. The Labute approximate surface area is 176 Å². The van der Waals surface area contributed by atoms with Crippen LogP contribution in [0.3, 0.4) is 0 Å². The minimum atomic E-state index is -0.761. The number of ether oxygens (including phenoxy) is 1. The van der Waals surface area contributed by atoms with Crippen molar-refractivity contribution < 1.29 is 14.3 Å². The van der Waals surface area contributed by atoms with Crippen molar-refractivity contribution in [3.63, 3.8) is 0 Å². The van der Waals surface area contributed by atoms with Gasteiger partial charge in [0.05, 0.1) is 11.1 Å². The van der Waals surface area contributed by atoms with E-state index in [1.165, 1.54) is 0 Å². The van der Waals surface area contributed by atoms with Crippen LogP contribution in [-0.2, 0) is 14.3 Å². The predicted molar refractivity (Wildman–Crippen MR) is 114 cm³/mol. The molecule has 2 aromatic carbocycles. The van der Waals surface area contributed by atoms with Crippen LogP contribution in [0.2, 0.25) is 5.02 Å². The van der Waals surface area contributed by atoms with Gasteiger partial charge < -0.3 is 10.1 Å². The Hall–Kier alpha value is -2.17. The zero-order valence-electron chi connectivity index (χ0n) is 17.0. The largest absolute Gasteiger partial charge is 0.379 e. The molecule has 29 heavy (non-hydrogen) atoms. The van der Waals surface area contributed by atoms with E-state index in [0.29, 0.717) is 17.9 Å². The van der Waals surface area contributed by atoms with Crippen LogP contribution in [0.4, 0.5) is 0 Å². The lowest BCUT2D eigenvalue weighted by Gasteiger charge is -2.41. The van der Waals surface area contributed by atoms with Crippen molar-refractivity contribution >= 4 is 23.3 Å². The highest BCUT2D eigenvalue weighted by molar-refractivity contribution is 6.30. The average Bonchev–Trinajstić information content (AvgIpc) is 2.95. The fourth-order valence-corrected chi connectivity index (χ4v) is 4.73. The summed E-state index contributed by atoms with van der Waals surface area (Å²) < 4.78 is 5.61. The molecule has 152 valence electrons. The topological polar surface area (TPSA) is 55.4 Å². The van der Waals surface area contributed by atoms with Crippen LogP contribution in [0.5, 0.6) is 0 Å². The molecule has 1 heterocycles. The van der Waals surface area contributed by atoms with Crippen LogP contribution in [0, 0.1) is 6.92 Å². The Morgan fingerprint density at radius 3 is 2.24 bits per heavy atom. The predicted octanol–water partition coefficient (Wildman–Crippen LogP) is 4.82. The van der Waals surface area contributed by atoms with Gasteiger partial charge in [-0.25, -0.2) is 0 Å². The van der Waals surface area contributed by atoms with E-state index in [1.807, 2.05) is 49.4 Å². The molecule has 1 saturated carbocycles. The summed E-state index contributed by atoms with van der Waals surface area (Å²) in [5.41, 5.74) is 2.73. The van der Waals surface area contributed by atoms with Crippen molar-refractivity contribution in [1.82, 2.24) is 5.32 Å². The summed E-state index contributed by atoms with van der Waals surface area (Å²) in [5, 5.41) is 3.74. The van der Waals surface area contributed by atoms with E-state index in [2.05, 4.69) is 12.2 Å². The van der Waals surface area contributed by atoms with Gasteiger partial charge in [0.2, 0.25) is 5.91 Å². The maximum Gasteiger partial charge on any atom is 0.235 e. The first-order valence-electron chi connectivity index (χ1n) is 10.0. The van der Waals surface area contributed by atoms with Crippen LogP contribution >= 0.6 is 11.6 Å². The number of carbonyl (C=O) groups excluding carboxylic acids is 2. The van der Waals surface area contributed by atoms with Gasteiger partial charge in [0.1, 0.15) is 5.92 Å². The van der Waals surface area contributed by atoms with Gasteiger partial charge >= 0.3 is 0 Å². The summed E-state index contributed by atoms with van der Waals surface area (Å²) in [6.45, 7) is 4.02. The summed E-state index contributed by atoms with van der Waals surface area (Å²) in [7, 11) is 1.71. The number of Topliss-reactive ketones (excluding diaryl/α,β-unsaturated/α-hetero) is 1. The number of hydrogen-bond acceptors (Lipinski definition) is 3. The number of halogens is 1. The van der Waals surface area contributed by atoms with E-state index in [-0.39, 0.29) is 17.3 Å². The Kier molecular flexibility index (Phi) is 5.04. The Bertz CT molecular complexity index is 959. The molecule has 0 radical (unpaired) electrons. The number of benzene rings is 2. The van der Waals surface area contributed by atoms with Gasteiger partial charge in [-0.3, -0.25) is 9.59 Å². The molecular formula is C24H26ClNO3. The molecule has 1 saturated heterocycles. The maximum absolute atomic E-state index is 13.5. The van der Waals surface area contributed by atoms with Gasteiger partial charge in [-0.05, 0) is 80.0 Å². The van der Waals surface area contributed by atoms with Gasteiger partial charge in [-0.2, -0.15) is 0 Å². The van der Waals surface area contributed by atoms with Crippen molar-refractivity contribution in [3.8, 4) is 11.1 Å². The normalized spacial score (nSPS) is 29.3. The zero-order chi connectivity index (χ0) is 20.8. The van der Waals surface area contributed by atoms with E-state index in [1.54, 1.807) is 7.11 Å². The van der Waals surface area contributed by atoms with E-state index in [9.17, 15) is 9.59 Å². The Morgan fingerprint density at radius 1 is 1.00 bits per heavy atom. The third-order valence-corrected chi connectivity index (χ3v) is 7.03. The summed E-state index contributed by atoms with van der Waals surface area (Å²) in [4.78, 5) is 26.4. The first-order valence-corrected chi connectivity index (χ1v) is 10.4. The van der Waals surface area contributed by atoms with Crippen molar-refractivity contribution in [2.75, 3.05) is 7.11 Å². The van der Waals surface area contributed by atoms with E-state index >= 15 is 0 Å². The minimum Gasteiger partial charge on any atom is -0.379 e. The highest BCUT2D eigenvalue weighted by Gasteiger charge is 2.55. The van der Waals surface area contributed by atoms with E-state index in [4.69, 9.17) is 16.3 Å². The zero-order valence-corrected chi connectivity index (χ0v) is 17.8. The molecule has 1 unspecified atom stereocenters. The molecule has 5 heteroatoms. The number of amides is 1. The third kappa shape index (κ3) is 3.49. The van der Waals surface area contributed by atoms with Crippen molar-refractivity contribution in [1.29, 1.82) is 0 Å². The van der Waals surface area contributed by atoms with E-state index < -0.39 is 11.5 Å². The quantitative estimate of drug-likeness (QED) is 0.737. The second kappa shape index (κ2) is 7.26. The number of nitrogens with one attached hydrogen (secondary N) is 1. The summed E-state index contributed by atoms with van der Waals surface area (Å²) in [6.07, 6.45) is 2.75. The number of ketones is 1. The average molecular weight is 412 g/mol. The summed E-state index contributed by atoms with van der Waals surface area (Å²) in [6, 6.07) is 13.5. The Morgan fingerprint density at radius 2 is 1.62 bits per heavy atom. The number of rotatable bonds is 3. The van der Waals surface area contributed by atoms with Crippen molar-refractivity contribution in [3.05, 3.63) is 58.6 Å². The standard InChI is InChI=1S/C24H26ClNO3/c1-15-4-5-17(16-6-8-18(25)9-7-16)14-19(15)20-21(27)24(26-22(20)28)12-10-23(2,29-3)11-13-24/h4-9,14,20H,10-13H2,1-3H3,(H,26,28). The smallest absolute Gasteiger partial charge is 0.235 e. The van der Waals surface area contributed by atoms with Crippen LogP contribution in [-0.4, -0.2) is 29.9 Å². The molecule has 1 amide bonds. The first kappa shape index (κ1) is 20.1. The molecule has 1 aliphatic heterocycles. The molecule has 2 aromatic rings. The number of aryl methyl sites for hydroxylation is 1. The molecular weight excluding hydrogens is 386 g/mol. The summed E-state index contributed by atoms with van der Waals surface area (Å²) >= 11 is 6.00. The van der Waals surface area contributed by atoms with Crippen LogP contribution in [0.1, 0.15) is 49.7 Å². The first-order chi connectivity index (χ1) is 13.8. The van der Waals surface area contributed by atoms with Crippen LogP contribution in [0.15, 0.2) is 42.5 Å². The molecule has 4 rings (SSSR count). The molecule has 0 aromatic heterocycles. The lowest BCUT2D eigenvalue weighted by molar-refractivity contribution is -0.127. The molecule has 4 nitrogen and oxygen atoms in total. The number of hydrogen-bond donors (Lipinski definition) is 1. The number of carbonyl (C=O) groups is 2.